The summed E-state index contributed by atoms with van der Waals surface area (Å²) in [5.41, 5.74) is 1.62. The Morgan fingerprint density at radius 2 is 1.73 bits per heavy atom. The van der Waals surface area contributed by atoms with Crippen LogP contribution in [0.25, 0.3) is 0 Å². The Hall–Kier alpha value is -2.87. The van der Waals surface area contributed by atoms with Crippen molar-refractivity contribution in [3.8, 4) is 5.75 Å². The van der Waals surface area contributed by atoms with Crippen molar-refractivity contribution in [3.05, 3.63) is 87.1 Å². The molecule has 4 rings (SSSR count). The van der Waals surface area contributed by atoms with Crippen molar-refractivity contribution in [2.45, 2.75) is 6.54 Å². The number of rotatable bonds is 8. The quantitative estimate of drug-likeness (QED) is 0.522. The van der Waals surface area contributed by atoms with Crippen LogP contribution in [0, 0.1) is 0 Å². The zero-order valence-corrected chi connectivity index (χ0v) is 19.8. The highest BCUT2D eigenvalue weighted by Crippen LogP contribution is 2.23. The van der Waals surface area contributed by atoms with E-state index in [1.807, 2.05) is 64.9 Å². The predicted octanol–water partition coefficient (Wildman–Crippen LogP) is 4.17. The van der Waals surface area contributed by atoms with E-state index in [-0.39, 0.29) is 11.8 Å². The lowest BCUT2D eigenvalue weighted by Crippen LogP contribution is -2.49. The lowest BCUT2D eigenvalue weighted by molar-refractivity contribution is 0.0620. The molecule has 2 amide bonds. The number of hydrogen-bond acceptors (Lipinski definition) is 5. The SMILES string of the molecule is O=C(NCc1ccc(C(=O)N2CCN(CCOc3ccccc3Cl)CC2)cc1)c1cccs1. The molecular formula is C25H26ClN3O3S. The number of amides is 2. The molecule has 3 aromatic rings. The van der Waals surface area contributed by atoms with Gasteiger partial charge in [0.1, 0.15) is 12.4 Å². The molecule has 1 saturated heterocycles. The molecule has 8 heteroatoms. The molecule has 0 unspecified atom stereocenters. The van der Waals surface area contributed by atoms with Crippen molar-refractivity contribution in [3.63, 3.8) is 0 Å². The van der Waals surface area contributed by atoms with Gasteiger partial charge in [-0.15, -0.1) is 11.3 Å². The number of halogens is 1. The van der Waals surface area contributed by atoms with Crippen LogP contribution in [0.4, 0.5) is 0 Å². The first-order chi connectivity index (χ1) is 16.1. The zero-order chi connectivity index (χ0) is 23.0. The number of hydrogen-bond donors (Lipinski definition) is 1. The average molecular weight is 484 g/mol. The number of benzene rings is 2. The first-order valence-corrected chi connectivity index (χ1v) is 12.2. The molecule has 0 atom stereocenters. The molecule has 0 spiro atoms. The van der Waals surface area contributed by atoms with E-state index in [0.29, 0.717) is 47.5 Å². The largest absolute Gasteiger partial charge is 0.491 e. The van der Waals surface area contributed by atoms with Crippen molar-refractivity contribution in [2.24, 2.45) is 0 Å². The van der Waals surface area contributed by atoms with Crippen LogP contribution in [0.1, 0.15) is 25.6 Å². The van der Waals surface area contributed by atoms with Crippen molar-refractivity contribution in [1.82, 2.24) is 15.1 Å². The molecule has 0 saturated carbocycles. The monoisotopic (exact) mass is 483 g/mol. The predicted molar refractivity (Wildman–Crippen MR) is 131 cm³/mol. The van der Waals surface area contributed by atoms with Gasteiger partial charge in [-0.3, -0.25) is 14.5 Å². The van der Waals surface area contributed by atoms with E-state index >= 15 is 0 Å². The van der Waals surface area contributed by atoms with Crippen LogP contribution in [-0.4, -0.2) is 60.9 Å². The summed E-state index contributed by atoms with van der Waals surface area (Å²) in [4.78, 5) is 29.8. The molecule has 2 aromatic carbocycles. The third kappa shape index (κ3) is 6.35. The van der Waals surface area contributed by atoms with Gasteiger partial charge >= 0.3 is 0 Å². The van der Waals surface area contributed by atoms with E-state index < -0.39 is 0 Å². The van der Waals surface area contributed by atoms with Gasteiger partial charge in [-0.05, 0) is 41.3 Å². The fourth-order valence-corrected chi connectivity index (χ4v) is 4.48. The number of piperazine rings is 1. The summed E-state index contributed by atoms with van der Waals surface area (Å²) in [6, 6.07) is 18.6. The van der Waals surface area contributed by atoms with Gasteiger partial charge in [0.15, 0.2) is 0 Å². The number of para-hydroxylation sites is 1. The number of nitrogens with one attached hydrogen (secondary N) is 1. The Labute approximate surface area is 202 Å². The van der Waals surface area contributed by atoms with Crippen LogP contribution in [-0.2, 0) is 6.54 Å². The Morgan fingerprint density at radius 1 is 0.970 bits per heavy atom. The van der Waals surface area contributed by atoms with E-state index in [4.69, 9.17) is 16.3 Å². The van der Waals surface area contributed by atoms with Crippen molar-refractivity contribution in [2.75, 3.05) is 39.3 Å². The lowest BCUT2D eigenvalue weighted by atomic mass is 10.1. The number of carbonyl (C=O) groups is 2. The van der Waals surface area contributed by atoms with Gasteiger partial charge < -0.3 is 15.0 Å². The van der Waals surface area contributed by atoms with Crippen LogP contribution in [0.5, 0.6) is 5.75 Å². The molecule has 0 bridgehead atoms. The lowest BCUT2D eigenvalue weighted by Gasteiger charge is -2.34. The van der Waals surface area contributed by atoms with Crippen molar-refractivity contribution < 1.29 is 14.3 Å². The number of ether oxygens (including phenoxy) is 1. The maximum atomic E-state index is 12.9. The van der Waals surface area contributed by atoms with Crippen LogP contribution >= 0.6 is 22.9 Å². The zero-order valence-electron chi connectivity index (χ0n) is 18.2. The van der Waals surface area contributed by atoms with Gasteiger partial charge in [-0.2, -0.15) is 0 Å². The van der Waals surface area contributed by atoms with E-state index in [0.717, 1.165) is 25.2 Å². The Kier molecular flexibility index (Phi) is 7.99. The summed E-state index contributed by atoms with van der Waals surface area (Å²) >= 11 is 7.53. The molecule has 0 radical (unpaired) electrons. The Morgan fingerprint density at radius 3 is 2.42 bits per heavy atom. The topological polar surface area (TPSA) is 61.9 Å². The van der Waals surface area contributed by atoms with E-state index in [1.165, 1.54) is 11.3 Å². The standard InChI is InChI=1S/C25H26ClN3O3S/c26-21-4-1-2-5-22(21)32-16-15-28-11-13-29(14-12-28)25(31)20-9-7-19(8-10-20)18-27-24(30)23-6-3-17-33-23/h1-10,17H,11-16,18H2,(H,27,30). The molecule has 172 valence electrons. The molecule has 1 fully saturated rings. The van der Waals surface area contributed by atoms with E-state index in [1.54, 1.807) is 6.07 Å². The summed E-state index contributed by atoms with van der Waals surface area (Å²) in [5.74, 6) is 0.652. The minimum Gasteiger partial charge on any atom is -0.491 e. The van der Waals surface area contributed by atoms with Crippen LogP contribution in [0.2, 0.25) is 5.02 Å². The Balaban J connectivity index is 1.20. The molecule has 1 aliphatic rings. The second-order valence-electron chi connectivity index (χ2n) is 7.77. The molecule has 1 aliphatic heterocycles. The summed E-state index contributed by atoms with van der Waals surface area (Å²) in [7, 11) is 0. The van der Waals surface area contributed by atoms with Crippen LogP contribution in [0.3, 0.4) is 0 Å². The second-order valence-corrected chi connectivity index (χ2v) is 9.12. The molecule has 2 heterocycles. The minimum absolute atomic E-state index is 0.0381. The van der Waals surface area contributed by atoms with Gasteiger partial charge in [0.25, 0.3) is 11.8 Å². The van der Waals surface area contributed by atoms with Crippen LogP contribution < -0.4 is 10.1 Å². The summed E-state index contributed by atoms with van der Waals surface area (Å²) in [6.07, 6.45) is 0. The third-order valence-electron chi connectivity index (χ3n) is 5.56. The number of nitrogens with zero attached hydrogens (tertiary/aromatic N) is 2. The highest BCUT2D eigenvalue weighted by atomic mass is 35.5. The first kappa shape index (κ1) is 23.3. The van der Waals surface area contributed by atoms with Gasteiger partial charge in [0, 0.05) is 44.8 Å². The van der Waals surface area contributed by atoms with E-state index in [2.05, 4.69) is 10.2 Å². The normalized spacial score (nSPS) is 14.2. The summed E-state index contributed by atoms with van der Waals surface area (Å²) in [5, 5.41) is 5.39. The molecule has 1 aromatic heterocycles. The summed E-state index contributed by atoms with van der Waals surface area (Å²) < 4.78 is 5.77. The average Bonchev–Trinajstić information content (AvgIpc) is 3.39. The molecule has 33 heavy (non-hydrogen) atoms. The third-order valence-corrected chi connectivity index (χ3v) is 6.74. The molecule has 6 nitrogen and oxygen atoms in total. The van der Waals surface area contributed by atoms with Gasteiger partial charge in [-0.1, -0.05) is 41.9 Å². The highest BCUT2D eigenvalue weighted by Gasteiger charge is 2.22. The second kappa shape index (κ2) is 11.3. The maximum Gasteiger partial charge on any atom is 0.261 e. The highest BCUT2D eigenvalue weighted by molar-refractivity contribution is 7.12. The molecular weight excluding hydrogens is 458 g/mol. The smallest absolute Gasteiger partial charge is 0.261 e. The van der Waals surface area contributed by atoms with Gasteiger partial charge in [0.05, 0.1) is 9.90 Å². The Bertz CT molecular complexity index is 1060. The maximum absolute atomic E-state index is 12.9. The van der Waals surface area contributed by atoms with Crippen molar-refractivity contribution in [1.29, 1.82) is 0 Å². The summed E-state index contributed by atoms with van der Waals surface area (Å²) in [6.45, 7) is 4.77. The molecule has 0 aliphatic carbocycles. The van der Waals surface area contributed by atoms with Crippen LogP contribution in [0.15, 0.2) is 66.0 Å². The number of thiophene rings is 1. The number of carbonyl (C=O) groups excluding carboxylic acids is 2. The van der Waals surface area contributed by atoms with Gasteiger partial charge in [0.2, 0.25) is 0 Å². The van der Waals surface area contributed by atoms with Crippen molar-refractivity contribution >= 4 is 34.8 Å². The molecule has 1 N–H and O–H groups in total. The first-order valence-electron chi connectivity index (χ1n) is 10.9. The van der Waals surface area contributed by atoms with Gasteiger partial charge in [-0.25, -0.2) is 0 Å². The fraction of sp³-hybridized carbons (Fsp3) is 0.280. The van der Waals surface area contributed by atoms with E-state index in [9.17, 15) is 9.59 Å². The minimum atomic E-state index is -0.0831. The fourth-order valence-electron chi connectivity index (χ4n) is 3.65.